The Morgan fingerprint density at radius 3 is 1.00 bits per heavy atom. The van der Waals surface area contributed by atoms with Crippen LogP contribution in [0.1, 0.15) is 105 Å². The van der Waals surface area contributed by atoms with Crippen LogP contribution >= 0.6 is 0 Å². The van der Waals surface area contributed by atoms with Gasteiger partial charge in [0.15, 0.2) is 0 Å². The van der Waals surface area contributed by atoms with E-state index >= 15 is 0 Å². The zero-order chi connectivity index (χ0) is 20.4. The molecule has 164 valence electrons. The average Bonchev–Trinajstić information content (AvgIpc) is 2.61. The van der Waals surface area contributed by atoms with Crippen molar-refractivity contribution in [3.8, 4) is 0 Å². The fourth-order valence-corrected chi connectivity index (χ4v) is 3.64. The van der Waals surface area contributed by atoms with Gasteiger partial charge in [0.2, 0.25) is 0 Å². The number of hydrogen-bond donors (Lipinski definition) is 0. The predicted octanol–water partition coefficient (Wildman–Crippen LogP) is 5.46. The summed E-state index contributed by atoms with van der Waals surface area (Å²) in [5, 5.41) is 3.13. The molecule has 0 spiro atoms. The third-order valence-electron chi connectivity index (χ3n) is 4.44. The van der Waals surface area contributed by atoms with E-state index in [9.17, 15) is 8.42 Å². The van der Waals surface area contributed by atoms with Crippen LogP contribution in [0.2, 0.25) is 0 Å². The zero-order valence-electron chi connectivity index (χ0n) is 18.2. The van der Waals surface area contributed by atoms with E-state index < -0.39 is 10.4 Å². The fourth-order valence-electron chi connectivity index (χ4n) is 2.80. The maximum absolute atomic E-state index is 12.5. The van der Waals surface area contributed by atoms with Gasteiger partial charge in [-0.25, -0.2) is 0 Å². The van der Waals surface area contributed by atoms with Crippen LogP contribution in [-0.4, -0.2) is 44.7 Å². The van der Waals surface area contributed by atoms with Crippen molar-refractivity contribution in [3.05, 3.63) is 0 Å². The first-order chi connectivity index (χ1) is 13.0. The highest BCUT2D eigenvalue weighted by molar-refractivity contribution is 7.81. The quantitative estimate of drug-likeness (QED) is 0.197. The van der Waals surface area contributed by atoms with E-state index in [1.54, 1.807) is 10.1 Å². The summed E-state index contributed by atoms with van der Waals surface area (Å²) in [7, 11) is -4.08. The maximum Gasteiger partial charge on any atom is 0.432 e. The summed E-state index contributed by atoms with van der Waals surface area (Å²) in [6.45, 7) is 11.0. The third-order valence-corrected chi connectivity index (χ3v) is 5.22. The van der Waals surface area contributed by atoms with Crippen LogP contribution in [0.15, 0.2) is 0 Å². The van der Waals surface area contributed by atoms with Crippen LogP contribution in [0.3, 0.4) is 0 Å². The molecule has 0 aliphatic carbocycles. The third kappa shape index (κ3) is 16.4. The average molecular weight is 409 g/mol. The maximum atomic E-state index is 12.5. The number of nitrogens with zero attached hydrogens (tertiary/aromatic N) is 2. The van der Waals surface area contributed by atoms with Crippen molar-refractivity contribution >= 4 is 10.4 Å². The molecule has 6 nitrogen and oxygen atoms in total. The van der Waals surface area contributed by atoms with E-state index in [2.05, 4.69) is 27.7 Å². The molecule has 0 radical (unpaired) electrons. The van der Waals surface area contributed by atoms with Crippen molar-refractivity contribution in [2.75, 3.05) is 26.2 Å². The van der Waals surface area contributed by atoms with Crippen LogP contribution in [0.5, 0.6) is 0 Å². The van der Waals surface area contributed by atoms with Crippen molar-refractivity contribution in [2.45, 2.75) is 105 Å². The summed E-state index contributed by atoms with van der Waals surface area (Å²) in [5.41, 5.74) is 0. The fraction of sp³-hybridized carbons (Fsp3) is 1.00. The van der Waals surface area contributed by atoms with Gasteiger partial charge in [0.05, 0.1) is 0 Å². The molecule has 0 fully saturated rings. The van der Waals surface area contributed by atoms with Gasteiger partial charge in [0.1, 0.15) is 0 Å². The summed E-state index contributed by atoms with van der Waals surface area (Å²) in [4.78, 5) is 0. The monoisotopic (exact) mass is 408 g/mol. The molecule has 7 heteroatoms. The summed E-state index contributed by atoms with van der Waals surface area (Å²) in [5.74, 6) is 0. The Hall–Kier alpha value is -0.210. The summed E-state index contributed by atoms with van der Waals surface area (Å²) in [6.07, 6.45) is 12.3. The molecule has 0 saturated heterocycles. The van der Waals surface area contributed by atoms with Crippen molar-refractivity contribution in [2.24, 2.45) is 0 Å². The Morgan fingerprint density at radius 1 is 0.519 bits per heavy atom. The molecule has 0 N–H and O–H groups in total. The van der Waals surface area contributed by atoms with Gasteiger partial charge < -0.3 is 0 Å². The van der Waals surface area contributed by atoms with Crippen LogP contribution in [0, 0.1) is 0 Å². The summed E-state index contributed by atoms with van der Waals surface area (Å²) in [6, 6.07) is 0. The van der Waals surface area contributed by atoms with Crippen LogP contribution < -0.4 is 0 Å². The predicted molar refractivity (Wildman–Crippen MR) is 112 cm³/mol. The Kier molecular flexibility index (Phi) is 17.7. The Bertz CT molecular complexity index is 366. The van der Waals surface area contributed by atoms with Gasteiger partial charge in [-0.3, -0.25) is 0 Å². The van der Waals surface area contributed by atoms with E-state index in [-0.39, 0.29) is 0 Å². The van der Waals surface area contributed by atoms with Crippen molar-refractivity contribution in [1.29, 1.82) is 0 Å². The summed E-state index contributed by atoms with van der Waals surface area (Å²) >= 11 is 0. The van der Waals surface area contributed by atoms with Crippen molar-refractivity contribution in [1.82, 2.24) is 10.1 Å². The van der Waals surface area contributed by atoms with E-state index in [1.807, 2.05) is 0 Å². The van der Waals surface area contributed by atoms with Gasteiger partial charge >= 0.3 is 10.4 Å². The highest BCUT2D eigenvalue weighted by Crippen LogP contribution is 2.11. The lowest BCUT2D eigenvalue weighted by molar-refractivity contribution is -0.116. The second-order valence-electron chi connectivity index (χ2n) is 7.24. The topological polar surface area (TPSA) is 59.1 Å². The molecule has 0 aromatic heterocycles. The zero-order valence-corrected chi connectivity index (χ0v) is 19.1. The van der Waals surface area contributed by atoms with Crippen molar-refractivity contribution in [3.63, 3.8) is 0 Å². The van der Waals surface area contributed by atoms with Gasteiger partial charge in [-0.1, -0.05) is 79.1 Å². The second kappa shape index (κ2) is 17.9. The molecule has 0 atom stereocenters. The number of rotatable bonds is 20. The van der Waals surface area contributed by atoms with Crippen LogP contribution in [0.25, 0.3) is 0 Å². The summed E-state index contributed by atoms with van der Waals surface area (Å²) < 4.78 is 35.5. The SMILES string of the molecule is CCCCCN(CCCCC)OS(=O)(=O)ON(CCCCC)CCCCC. The van der Waals surface area contributed by atoms with Gasteiger partial charge in [0, 0.05) is 26.2 Å². The standard InChI is InChI=1S/C20H44N2O4S/c1-5-9-13-17-21(18-14-10-6-2)25-27(23,24)26-22(19-15-11-7-3)20-16-12-8-4/h5-20H2,1-4H3. The molecule has 27 heavy (non-hydrogen) atoms. The van der Waals surface area contributed by atoms with Crippen molar-refractivity contribution < 1.29 is 17.0 Å². The van der Waals surface area contributed by atoms with Gasteiger partial charge in [-0.2, -0.15) is 27.1 Å². The second-order valence-corrected chi connectivity index (χ2v) is 8.36. The molecular formula is C20H44N2O4S. The molecule has 0 rings (SSSR count). The lowest BCUT2D eigenvalue weighted by Gasteiger charge is -2.24. The Balaban J connectivity index is 4.70. The molecular weight excluding hydrogens is 364 g/mol. The molecule has 0 aliphatic heterocycles. The van der Waals surface area contributed by atoms with E-state index in [0.717, 1.165) is 77.0 Å². The molecule has 0 heterocycles. The highest BCUT2D eigenvalue weighted by atomic mass is 32.3. The first-order valence-corrected chi connectivity index (χ1v) is 12.5. The molecule has 0 unspecified atom stereocenters. The number of unbranched alkanes of at least 4 members (excludes halogenated alkanes) is 8. The lowest BCUT2D eigenvalue weighted by Crippen LogP contribution is -2.35. The largest absolute Gasteiger partial charge is 0.432 e. The Labute approximate surface area is 168 Å². The number of hydrogen-bond acceptors (Lipinski definition) is 6. The van der Waals surface area contributed by atoms with E-state index in [0.29, 0.717) is 26.2 Å². The molecule has 0 aliphatic rings. The minimum atomic E-state index is -4.08. The molecule has 0 bridgehead atoms. The van der Waals surface area contributed by atoms with Crippen LogP contribution in [-0.2, 0) is 19.0 Å². The molecule has 0 aromatic carbocycles. The number of hydroxylamine groups is 4. The molecule has 0 aromatic rings. The normalized spacial score (nSPS) is 12.4. The van der Waals surface area contributed by atoms with Gasteiger partial charge in [-0.05, 0) is 25.7 Å². The lowest BCUT2D eigenvalue weighted by atomic mass is 10.2. The van der Waals surface area contributed by atoms with Crippen LogP contribution in [0.4, 0.5) is 0 Å². The van der Waals surface area contributed by atoms with Gasteiger partial charge in [0.25, 0.3) is 0 Å². The van der Waals surface area contributed by atoms with E-state index in [1.165, 1.54) is 0 Å². The molecule has 0 amide bonds. The first-order valence-electron chi connectivity index (χ1n) is 11.1. The minimum absolute atomic E-state index is 0.617. The minimum Gasteiger partial charge on any atom is -0.169 e. The highest BCUT2D eigenvalue weighted by Gasteiger charge is 2.22. The van der Waals surface area contributed by atoms with Gasteiger partial charge in [-0.15, -0.1) is 0 Å². The Morgan fingerprint density at radius 2 is 0.778 bits per heavy atom. The molecule has 0 saturated carbocycles. The van der Waals surface area contributed by atoms with E-state index in [4.69, 9.17) is 8.57 Å². The first kappa shape index (κ1) is 26.8. The smallest absolute Gasteiger partial charge is 0.169 e.